The maximum atomic E-state index is 2.48. The fraction of sp³-hybridized carbons (Fsp3) is 0.333. The van der Waals surface area contributed by atoms with Crippen molar-refractivity contribution in [2.75, 3.05) is 0 Å². The minimum absolute atomic E-state index is 0.810. The fourth-order valence-electron chi connectivity index (χ4n) is 6.97. The normalized spacial score (nSPS) is 12.9. The van der Waals surface area contributed by atoms with E-state index in [2.05, 4.69) is 120 Å². The van der Waals surface area contributed by atoms with Gasteiger partial charge in [-0.1, -0.05) is 107 Å². The third kappa shape index (κ3) is 3.84. The summed E-state index contributed by atoms with van der Waals surface area (Å²) in [5.74, 6) is 0. The van der Waals surface area contributed by atoms with E-state index in [4.69, 9.17) is 0 Å². The average Bonchev–Trinajstić information content (AvgIpc) is 2.80. The molecule has 5 rings (SSSR count). The van der Waals surface area contributed by atoms with Crippen molar-refractivity contribution in [3.8, 4) is 0 Å². The second-order valence-electron chi connectivity index (χ2n) is 11.3. The van der Waals surface area contributed by atoms with E-state index in [-0.39, 0.29) is 0 Å². The Bertz CT molecular complexity index is 1470. The van der Waals surface area contributed by atoms with Crippen LogP contribution < -0.4 is 0 Å². The lowest BCUT2D eigenvalue weighted by Gasteiger charge is -2.43. The highest BCUT2D eigenvalue weighted by Gasteiger charge is 2.41. The van der Waals surface area contributed by atoms with E-state index >= 15 is 0 Å². The maximum absolute atomic E-state index is 2.48. The molecule has 0 fully saturated rings. The molecule has 0 spiro atoms. The highest BCUT2D eigenvalue weighted by atomic mass is 28.3. The molecule has 1 heteroatoms. The predicted molar refractivity (Wildman–Crippen MR) is 156 cm³/mol. The number of benzene rings is 5. The first-order chi connectivity index (χ1) is 16.3. The van der Waals surface area contributed by atoms with Gasteiger partial charge in [-0.05, 0) is 91.5 Å². The van der Waals surface area contributed by atoms with Gasteiger partial charge in [-0.2, -0.15) is 0 Å². The minimum Gasteiger partial charge on any atom is -0.0651 e. The summed E-state index contributed by atoms with van der Waals surface area (Å²) in [7, 11) is -1.41. The second kappa shape index (κ2) is 8.85. The molecule has 5 aromatic rings. The van der Waals surface area contributed by atoms with E-state index < -0.39 is 8.07 Å². The molecule has 0 nitrogen and oxygen atoms in total. The third-order valence-corrected chi connectivity index (χ3v) is 16.4. The highest BCUT2D eigenvalue weighted by Crippen LogP contribution is 2.45. The monoisotopic (exact) mass is 462 g/mol. The molecule has 0 aliphatic heterocycles. The second-order valence-corrected chi connectivity index (χ2v) is 17.5. The topological polar surface area (TPSA) is 0 Å². The highest BCUT2D eigenvalue weighted by molar-refractivity contribution is 6.83. The molecule has 0 atom stereocenters. The Hall–Kier alpha value is -2.64. The molecule has 0 heterocycles. The van der Waals surface area contributed by atoms with Crippen LogP contribution in [0.1, 0.15) is 47.1 Å². The van der Waals surface area contributed by atoms with Gasteiger partial charge >= 0.3 is 0 Å². The standard InChI is InChI=1S/C33H38Si/c1-22(2)34(23(3)4,24(5)6)15-14-25-12-9-13-28-18-31-19-29-16-26-10-7-8-11-27(26)17-30(29)20-32(31)21-33(25)28/h7-13,16-24H,14-15H2,1-6H3. The molecule has 34 heavy (non-hydrogen) atoms. The van der Waals surface area contributed by atoms with Crippen LogP contribution in [0.5, 0.6) is 0 Å². The van der Waals surface area contributed by atoms with Crippen molar-refractivity contribution in [1.29, 1.82) is 0 Å². The molecule has 5 aromatic carbocycles. The van der Waals surface area contributed by atoms with E-state index in [1.807, 2.05) is 0 Å². The molecule has 0 amide bonds. The molecule has 0 N–H and O–H groups in total. The van der Waals surface area contributed by atoms with Gasteiger partial charge in [0.1, 0.15) is 0 Å². The Morgan fingerprint density at radius 3 is 1.47 bits per heavy atom. The molecular formula is C33H38Si. The van der Waals surface area contributed by atoms with E-state index in [0.29, 0.717) is 0 Å². The van der Waals surface area contributed by atoms with Gasteiger partial charge in [0.2, 0.25) is 0 Å². The lowest BCUT2D eigenvalue weighted by atomic mass is 9.95. The zero-order valence-electron chi connectivity index (χ0n) is 21.7. The van der Waals surface area contributed by atoms with Crippen molar-refractivity contribution < 1.29 is 0 Å². The molecule has 0 bridgehead atoms. The molecule has 0 aliphatic rings. The maximum Gasteiger partial charge on any atom is 0.0616 e. The van der Waals surface area contributed by atoms with Crippen LogP contribution in [-0.4, -0.2) is 8.07 Å². The van der Waals surface area contributed by atoms with Gasteiger partial charge in [0.15, 0.2) is 0 Å². The summed E-state index contributed by atoms with van der Waals surface area (Å²) in [5, 5.41) is 10.8. The first-order valence-corrected chi connectivity index (χ1v) is 15.5. The van der Waals surface area contributed by atoms with Crippen molar-refractivity contribution >= 4 is 51.2 Å². The lowest BCUT2D eigenvalue weighted by Crippen LogP contribution is -2.44. The molecule has 0 radical (unpaired) electrons. The predicted octanol–water partition coefficient (Wildman–Crippen LogP) is 10.5. The average molecular weight is 463 g/mol. The molecule has 0 aliphatic carbocycles. The Labute approximate surface area is 206 Å². The van der Waals surface area contributed by atoms with Crippen LogP contribution in [0.25, 0.3) is 43.1 Å². The summed E-state index contributed by atoms with van der Waals surface area (Å²) >= 11 is 0. The van der Waals surface area contributed by atoms with Crippen LogP contribution in [0.2, 0.25) is 22.7 Å². The van der Waals surface area contributed by atoms with Gasteiger partial charge in [-0.25, -0.2) is 0 Å². The van der Waals surface area contributed by atoms with Gasteiger partial charge in [-0.15, -0.1) is 0 Å². The zero-order valence-corrected chi connectivity index (χ0v) is 22.7. The molecular weight excluding hydrogens is 424 g/mol. The molecule has 0 unspecified atom stereocenters. The van der Waals surface area contributed by atoms with Crippen molar-refractivity contribution in [2.45, 2.75) is 70.6 Å². The smallest absolute Gasteiger partial charge is 0.0616 e. The molecule has 0 saturated heterocycles. The Balaban J connectivity index is 1.61. The molecule has 174 valence electrons. The van der Waals surface area contributed by atoms with Crippen LogP contribution in [-0.2, 0) is 6.42 Å². The number of rotatable bonds is 6. The van der Waals surface area contributed by atoms with E-state index in [9.17, 15) is 0 Å². The third-order valence-electron chi connectivity index (χ3n) is 8.80. The first kappa shape index (κ1) is 23.1. The largest absolute Gasteiger partial charge is 0.0651 e. The quantitative estimate of drug-likeness (QED) is 0.174. The minimum atomic E-state index is -1.41. The lowest BCUT2D eigenvalue weighted by molar-refractivity contribution is 0.789. The number of aryl methyl sites for hydroxylation is 1. The fourth-order valence-corrected chi connectivity index (χ4v) is 13.4. The molecule has 0 aromatic heterocycles. The van der Waals surface area contributed by atoms with E-state index in [1.54, 1.807) is 0 Å². The number of hydrogen-bond acceptors (Lipinski definition) is 0. The Morgan fingerprint density at radius 2 is 0.941 bits per heavy atom. The van der Waals surface area contributed by atoms with Crippen LogP contribution in [0.4, 0.5) is 0 Å². The number of hydrogen-bond donors (Lipinski definition) is 0. The van der Waals surface area contributed by atoms with Crippen LogP contribution in [0.3, 0.4) is 0 Å². The van der Waals surface area contributed by atoms with Gasteiger partial charge in [0, 0.05) is 0 Å². The van der Waals surface area contributed by atoms with Crippen LogP contribution >= 0.6 is 0 Å². The van der Waals surface area contributed by atoms with Crippen LogP contribution in [0.15, 0.2) is 78.9 Å². The Kier molecular flexibility index (Phi) is 6.02. The van der Waals surface area contributed by atoms with Gasteiger partial charge in [-0.3, -0.25) is 0 Å². The summed E-state index contributed by atoms with van der Waals surface area (Å²) in [4.78, 5) is 0. The molecule has 0 saturated carbocycles. The van der Waals surface area contributed by atoms with Gasteiger partial charge in [0.05, 0.1) is 8.07 Å². The van der Waals surface area contributed by atoms with Crippen molar-refractivity contribution in [3.05, 3.63) is 84.4 Å². The first-order valence-electron chi connectivity index (χ1n) is 13.1. The van der Waals surface area contributed by atoms with Gasteiger partial charge in [0.25, 0.3) is 0 Å². The summed E-state index contributed by atoms with van der Waals surface area (Å²) < 4.78 is 0. The van der Waals surface area contributed by atoms with Gasteiger partial charge < -0.3 is 0 Å². The van der Waals surface area contributed by atoms with Crippen LogP contribution in [0, 0.1) is 0 Å². The zero-order chi connectivity index (χ0) is 24.0. The summed E-state index contributed by atoms with van der Waals surface area (Å²) in [6.07, 6.45) is 1.20. The Morgan fingerprint density at radius 1 is 0.500 bits per heavy atom. The number of fused-ring (bicyclic) bond motifs is 4. The summed E-state index contributed by atoms with van der Waals surface area (Å²) in [6.45, 7) is 14.9. The summed E-state index contributed by atoms with van der Waals surface area (Å²) in [6, 6.07) is 31.3. The van der Waals surface area contributed by atoms with E-state index in [1.165, 1.54) is 61.1 Å². The SMILES string of the molecule is CC(C)[Si](CCc1cccc2cc3cc4cc5ccccc5cc4cc3cc12)(C(C)C)C(C)C. The van der Waals surface area contributed by atoms with Crippen molar-refractivity contribution in [1.82, 2.24) is 0 Å². The van der Waals surface area contributed by atoms with Crippen molar-refractivity contribution in [3.63, 3.8) is 0 Å². The summed E-state index contributed by atoms with van der Waals surface area (Å²) in [5.41, 5.74) is 3.95. The van der Waals surface area contributed by atoms with E-state index in [0.717, 1.165) is 16.6 Å². The van der Waals surface area contributed by atoms with Crippen molar-refractivity contribution in [2.24, 2.45) is 0 Å².